The normalized spacial score (nSPS) is 16.5. The van der Waals surface area contributed by atoms with E-state index in [9.17, 15) is 22.8 Å². The molecule has 1 fully saturated rings. The minimum Gasteiger partial charge on any atom is -0.373 e. The van der Waals surface area contributed by atoms with E-state index in [1.807, 2.05) is 32.0 Å². The van der Waals surface area contributed by atoms with Crippen LogP contribution in [0.25, 0.3) is 0 Å². The van der Waals surface area contributed by atoms with Gasteiger partial charge in [-0.2, -0.15) is 13.2 Å². The van der Waals surface area contributed by atoms with Crippen molar-refractivity contribution in [3.63, 3.8) is 0 Å². The van der Waals surface area contributed by atoms with Gasteiger partial charge in [0, 0.05) is 30.9 Å². The summed E-state index contributed by atoms with van der Waals surface area (Å²) in [4.78, 5) is 28.9. The summed E-state index contributed by atoms with van der Waals surface area (Å²) >= 11 is 0. The molecule has 0 aliphatic carbocycles. The first-order valence-electron chi connectivity index (χ1n) is 10.8. The number of halogens is 3. The van der Waals surface area contributed by atoms with Crippen molar-refractivity contribution >= 4 is 17.6 Å². The molecule has 0 saturated carbocycles. The molecule has 0 spiro atoms. The molecule has 178 valence electrons. The van der Waals surface area contributed by atoms with E-state index in [2.05, 4.69) is 5.32 Å². The maximum absolute atomic E-state index is 13.1. The van der Waals surface area contributed by atoms with Gasteiger partial charge in [0.15, 0.2) is 0 Å². The summed E-state index contributed by atoms with van der Waals surface area (Å²) in [6, 6.07) is 13.1. The molecule has 1 heterocycles. The van der Waals surface area contributed by atoms with E-state index in [1.165, 1.54) is 12.1 Å². The van der Waals surface area contributed by atoms with Crippen LogP contribution in [-0.4, -0.2) is 60.6 Å². The first-order valence-corrected chi connectivity index (χ1v) is 10.8. The molecule has 1 aliphatic rings. The maximum Gasteiger partial charge on any atom is 0.416 e. The van der Waals surface area contributed by atoms with Crippen LogP contribution >= 0.6 is 0 Å². The zero-order chi connectivity index (χ0) is 24.0. The number of amides is 3. The fraction of sp³-hybridized carbons (Fsp3) is 0.417. The summed E-state index contributed by atoms with van der Waals surface area (Å²) in [6.45, 7) is 5.60. The number of urea groups is 1. The lowest BCUT2D eigenvalue weighted by atomic mass is 10.1. The van der Waals surface area contributed by atoms with Gasteiger partial charge >= 0.3 is 12.2 Å². The van der Waals surface area contributed by atoms with Crippen LogP contribution in [-0.2, 0) is 10.9 Å². The van der Waals surface area contributed by atoms with Gasteiger partial charge in [0.25, 0.3) is 5.91 Å². The second-order valence-electron chi connectivity index (χ2n) is 8.41. The molecule has 9 heteroatoms. The predicted molar refractivity (Wildman–Crippen MR) is 119 cm³/mol. The Balaban J connectivity index is 1.66. The molecule has 1 aliphatic heterocycles. The Morgan fingerprint density at radius 2 is 1.79 bits per heavy atom. The second kappa shape index (κ2) is 10.7. The molecule has 3 amide bonds. The van der Waals surface area contributed by atoms with E-state index in [1.54, 1.807) is 21.9 Å². The van der Waals surface area contributed by atoms with Crippen LogP contribution in [0.5, 0.6) is 0 Å². The van der Waals surface area contributed by atoms with Crippen molar-refractivity contribution in [2.45, 2.75) is 26.1 Å². The highest BCUT2D eigenvalue weighted by Crippen LogP contribution is 2.29. The third kappa shape index (κ3) is 6.95. The second-order valence-corrected chi connectivity index (χ2v) is 8.41. The van der Waals surface area contributed by atoms with Crippen LogP contribution in [0.2, 0.25) is 0 Å². The SMILES string of the molecule is CC(C)CN(CC1CN(C(=O)Nc2ccccc2)CCO1)C(=O)c1ccc(C(F)(F)F)cc1. The molecule has 1 saturated heterocycles. The Morgan fingerprint density at radius 3 is 2.39 bits per heavy atom. The van der Waals surface area contributed by atoms with Gasteiger partial charge in [-0.25, -0.2) is 4.79 Å². The maximum atomic E-state index is 13.1. The molecule has 0 bridgehead atoms. The first-order chi connectivity index (χ1) is 15.6. The molecule has 3 rings (SSSR count). The van der Waals surface area contributed by atoms with Gasteiger partial charge in [-0.05, 0) is 42.3 Å². The summed E-state index contributed by atoms with van der Waals surface area (Å²) in [5.74, 6) is -0.226. The number of nitrogens with zero attached hydrogens (tertiary/aromatic N) is 2. The van der Waals surface area contributed by atoms with Gasteiger partial charge in [-0.15, -0.1) is 0 Å². The van der Waals surface area contributed by atoms with Crippen molar-refractivity contribution in [2.75, 3.05) is 38.1 Å². The number of carbonyl (C=O) groups excluding carboxylic acids is 2. The Labute approximate surface area is 191 Å². The average molecular weight is 464 g/mol. The van der Waals surface area contributed by atoms with E-state index in [0.29, 0.717) is 31.9 Å². The third-order valence-corrected chi connectivity index (χ3v) is 5.21. The Kier molecular flexibility index (Phi) is 7.97. The first kappa shape index (κ1) is 24.6. The molecule has 1 unspecified atom stereocenters. The van der Waals surface area contributed by atoms with Crippen molar-refractivity contribution < 1.29 is 27.5 Å². The van der Waals surface area contributed by atoms with E-state index in [-0.39, 0.29) is 30.0 Å². The van der Waals surface area contributed by atoms with Crippen LogP contribution in [0.4, 0.5) is 23.7 Å². The summed E-state index contributed by atoms with van der Waals surface area (Å²) in [5.41, 5.74) is 0.0627. The van der Waals surface area contributed by atoms with Crippen LogP contribution in [0.3, 0.4) is 0 Å². The van der Waals surface area contributed by atoms with Crippen molar-refractivity contribution in [1.82, 2.24) is 9.80 Å². The van der Waals surface area contributed by atoms with Crippen LogP contribution < -0.4 is 5.32 Å². The standard InChI is InChI=1S/C24H28F3N3O3/c1-17(2)14-30(22(31)18-8-10-19(11-9-18)24(25,26)27)16-21-15-29(12-13-33-21)23(32)28-20-6-4-3-5-7-20/h3-11,17,21H,12-16H2,1-2H3,(H,28,32). The van der Waals surface area contributed by atoms with Gasteiger partial charge in [0.1, 0.15) is 0 Å². The van der Waals surface area contributed by atoms with Crippen LogP contribution in [0.15, 0.2) is 54.6 Å². The van der Waals surface area contributed by atoms with E-state index < -0.39 is 17.8 Å². The highest BCUT2D eigenvalue weighted by molar-refractivity contribution is 5.94. The topological polar surface area (TPSA) is 61.9 Å². The van der Waals surface area contributed by atoms with Gasteiger partial charge in [-0.3, -0.25) is 4.79 Å². The smallest absolute Gasteiger partial charge is 0.373 e. The number of ether oxygens (including phenoxy) is 1. The fourth-order valence-corrected chi connectivity index (χ4v) is 3.65. The molecule has 6 nitrogen and oxygen atoms in total. The minimum atomic E-state index is -4.46. The number of rotatable bonds is 6. The third-order valence-electron chi connectivity index (χ3n) is 5.21. The lowest BCUT2D eigenvalue weighted by molar-refractivity contribution is -0.137. The van der Waals surface area contributed by atoms with Crippen molar-refractivity contribution in [1.29, 1.82) is 0 Å². The average Bonchev–Trinajstić information content (AvgIpc) is 2.78. The number of hydrogen-bond acceptors (Lipinski definition) is 3. The van der Waals surface area contributed by atoms with Crippen LogP contribution in [0, 0.1) is 5.92 Å². The number of para-hydroxylation sites is 1. The van der Waals surface area contributed by atoms with Crippen molar-refractivity contribution in [3.8, 4) is 0 Å². The number of alkyl halides is 3. The Hall–Kier alpha value is -3.07. The largest absolute Gasteiger partial charge is 0.416 e. The Bertz CT molecular complexity index is 933. The molecule has 2 aromatic carbocycles. The molecule has 0 radical (unpaired) electrons. The minimum absolute atomic E-state index is 0.143. The lowest BCUT2D eigenvalue weighted by Crippen LogP contribution is -2.52. The quantitative estimate of drug-likeness (QED) is 0.674. The van der Waals surface area contributed by atoms with E-state index in [4.69, 9.17) is 4.74 Å². The fourth-order valence-electron chi connectivity index (χ4n) is 3.65. The Morgan fingerprint density at radius 1 is 1.12 bits per heavy atom. The number of carbonyl (C=O) groups is 2. The molecular weight excluding hydrogens is 435 g/mol. The van der Waals surface area contributed by atoms with Crippen molar-refractivity contribution in [2.24, 2.45) is 5.92 Å². The van der Waals surface area contributed by atoms with Crippen molar-refractivity contribution in [3.05, 3.63) is 65.7 Å². The van der Waals surface area contributed by atoms with Gasteiger partial charge < -0.3 is 19.9 Å². The number of benzene rings is 2. The van der Waals surface area contributed by atoms with E-state index in [0.717, 1.165) is 12.1 Å². The zero-order valence-corrected chi connectivity index (χ0v) is 18.6. The van der Waals surface area contributed by atoms with Crippen LogP contribution in [0.1, 0.15) is 29.8 Å². The molecule has 33 heavy (non-hydrogen) atoms. The number of nitrogens with one attached hydrogen (secondary N) is 1. The highest BCUT2D eigenvalue weighted by atomic mass is 19.4. The molecule has 0 aromatic heterocycles. The lowest BCUT2D eigenvalue weighted by Gasteiger charge is -2.36. The number of hydrogen-bond donors (Lipinski definition) is 1. The van der Waals surface area contributed by atoms with Gasteiger partial charge in [0.2, 0.25) is 0 Å². The number of morpholine rings is 1. The number of anilines is 1. The van der Waals surface area contributed by atoms with E-state index >= 15 is 0 Å². The summed E-state index contributed by atoms with van der Waals surface area (Å²) in [6.07, 6.45) is -4.86. The molecule has 1 atom stereocenters. The zero-order valence-electron chi connectivity index (χ0n) is 18.6. The highest BCUT2D eigenvalue weighted by Gasteiger charge is 2.31. The predicted octanol–water partition coefficient (Wildman–Crippen LogP) is 4.74. The summed E-state index contributed by atoms with van der Waals surface area (Å²) in [5, 5.41) is 2.84. The van der Waals surface area contributed by atoms with Gasteiger partial charge in [0.05, 0.1) is 24.8 Å². The summed E-state index contributed by atoms with van der Waals surface area (Å²) < 4.78 is 44.4. The monoisotopic (exact) mass is 463 g/mol. The molecular formula is C24H28F3N3O3. The molecule has 1 N–H and O–H groups in total. The van der Waals surface area contributed by atoms with Gasteiger partial charge in [-0.1, -0.05) is 32.0 Å². The summed E-state index contributed by atoms with van der Waals surface area (Å²) in [7, 11) is 0. The molecule has 2 aromatic rings.